The van der Waals surface area contributed by atoms with E-state index in [4.69, 9.17) is 15.2 Å². The van der Waals surface area contributed by atoms with E-state index in [0.29, 0.717) is 30.6 Å². The Hall–Kier alpha value is -4.52. The topological polar surface area (TPSA) is 192 Å². The van der Waals surface area contributed by atoms with E-state index < -0.39 is 23.0 Å². The van der Waals surface area contributed by atoms with Gasteiger partial charge in [-0.05, 0) is 55.1 Å². The summed E-state index contributed by atoms with van der Waals surface area (Å²) in [5.74, 6) is -0.842. The van der Waals surface area contributed by atoms with Crippen molar-refractivity contribution in [1.82, 2.24) is 10.6 Å². The van der Waals surface area contributed by atoms with Gasteiger partial charge in [-0.15, -0.1) is 0 Å². The summed E-state index contributed by atoms with van der Waals surface area (Å²) in [5.41, 5.74) is 6.09. The smallest absolute Gasteiger partial charge is 0.429 e. The second-order valence-corrected chi connectivity index (χ2v) is 9.66. The Bertz CT molecular complexity index is 1180. The number of nitro groups is 1. The average Bonchev–Trinajstić information content (AvgIpc) is 2.92. The maximum Gasteiger partial charge on any atom is 0.514 e. The summed E-state index contributed by atoms with van der Waals surface area (Å²) in [4.78, 5) is 59.2. The number of carbonyl (C=O) groups is 4. The number of urea groups is 1. The molecular formula is C28H37N5O8. The van der Waals surface area contributed by atoms with Crippen LogP contribution in [0.25, 0.3) is 0 Å². The highest BCUT2D eigenvalue weighted by atomic mass is 16.7. The second kappa shape index (κ2) is 16.6. The number of likely N-dealkylation sites (N-methyl/N-ethyl adjacent to an activating group) is 1. The summed E-state index contributed by atoms with van der Waals surface area (Å²) in [6.07, 6.45) is -0.0981. The van der Waals surface area contributed by atoms with Crippen molar-refractivity contribution >= 4 is 35.3 Å². The molecule has 0 aliphatic carbocycles. The summed E-state index contributed by atoms with van der Waals surface area (Å²) < 4.78 is 10.1. The predicted octanol–water partition coefficient (Wildman–Crippen LogP) is 3.91. The molecule has 2 atom stereocenters. The van der Waals surface area contributed by atoms with Crippen molar-refractivity contribution in [3.05, 3.63) is 64.2 Å². The van der Waals surface area contributed by atoms with Crippen LogP contribution in [-0.4, -0.2) is 47.9 Å². The molecule has 0 unspecified atom stereocenters. The lowest BCUT2D eigenvalue weighted by atomic mass is 9.89. The fourth-order valence-electron chi connectivity index (χ4n) is 4.03. The van der Waals surface area contributed by atoms with Gasteiger partial charge < -0.3 is 31.2 Å². The van der Waals surface area contributed by atoms with Crippen LogP contribution in [0.1, 0.15) is 45.6 Å². The molecule has 0 saturated heterocycles. The van der Waals surface area contributed by atoms with Crippen LogP contribution in [0.4, 0.5) is 21.0 Å². The molecule has 41 heavy (non-hydrogen) atoms. The first-order chi connectivity index (χ1) is 19.5. The van der Waals surface area contributed by atoms with Crippen molar-refractivity contribution in [3.63, 3.8) is 0 Å². The third kappa shape index (κ3) is 11.6. The maximum atomic E-state index is 13.1. The fourth-order valence-corrected chi connectivity index (χ4v) is 4.03. The normalized spacial score (nSPS) is 12.2. The summed E-state index contributed by atoms with van der Waals surface area (Å²) in [5, 5.41) is 19.2. The number of amides is 3. The quantitative estimate of drug-likeness (QED) is 0.0760. The molecule has 0 aliphatic rings. The molecular weight excluding hydrogens is 534 g/mol. The molecule has 5 N–H and O–H groups in total. The van der Waals surface area contributed by atoms with Crippen molar-refractivity contribution in [2.75, 3.05) is 18.4 Å². The van der Waals surface area contributed by atoms with Gasteiger partial charge in [0.15, 0.2) is 5.78 Å². The van der Waals surface area contributed by atoms with Crippen LogP contribution in [0.15, 0.2) is 48.5 Å². The molecule has 0 aliphatic heterocycles. The van der Waals surface area contributed by atoms with Crippen molar-refractivity contribution in [3.8, 4) is 5.75 Å². The minimum Gasteiger partial charge on any atom is -0.429 e. The minimum atomic E-state index is -0.980. The molecule has 13 heteroatoms. The summed E-state index contributed by atoms with van der Waals surface area (Å²) in [6.45, 7) is 6.60. The molecule has 0 heterocycles. The lowest BCUT2D eigenvalue weighted by Gasteiger charge is -2.23. The first-order valence-electron chi connectivity index (χ1n) is 13.3. The number of nitro benzene ring substituents is 1. The number of nitrogens with two attached hydrogens (primary N) is 1. The Balaban J connectivity index is 1.95. The largest absolute Gasteiger partial charge is 0.514 e. The van der Waals surface area contributed by atoms with E-state index in [0.717, 1.165) is 0 Å². The van der Waals surface area contributed by atoms with E-state index in [1.807, 2.05) is 20.8 Å². The van der Waals surface area contributed by atoms with Crippen molar-refractivity contribution in [2.24, 2.45) is 17.6 Å². The van der Waals surface area contributed by atoms with Gasteiger partial charge in [0.1, 0.15) is 12.4 Å². The van der Waals surface area contributed by atoms with Crippen LogP contribution >= 0.6 is 0 Å². The van der Waals surface area contributed by atoms with E-state index >= 15 is 0 Å². The van der Waals surface area contributed by atoms with Crippen molar-refractivity contribution in [2.45, 2.75) is 52.7 Å². The zero-order valence-corrected chi connectivity index (χ0v) is 23.4. The Labute approximate surface area is 238 Å². The average molecular weight is 572 g/mol. The monoisotopic (exact) mass is 571 g/mol. The van der Waals surface area contributed by atoms with Gasteiger partial charge in [0, 0.05) is 36.7 Å². The molecule has 0 radical (unpaired) electrons. The standard InChI is InChI=1S/C28H37N5O8/c1-4-30-25(18(2)3)24(34)16-20(6-5-15-31-27(29)36)26(35)32-21-9-7-19(8-10-21)17-40-28(37)41-23-13-11-22(12-14-23)33(38)39/h7-14,18,20,25,30H,4-6,15-17H2,1-3H3,(H,32,35)(H3,29,31,36)/t20-,25+/m1/s1. The number of non-ortho nitro benzene ring substituents is 1. The maximum absolute atomic E-state index is 13.1. The Morgan fingerprint density at radius 3 is 2.24 bits per heavy atom. The number of carbonyl (C=O) groups excluding carboxylic acids is 4. The molecule has 0 fully saturated rings. The van der Waals surface area contributed by atoms with E-state index in [9.17, 15) is 29.3 Å². The SMILES string of the molecule is CCN[C@H](C(=O)C[C@@H](CCCNC(N)=O)C(=O)Nc1ccc(COC(=O)Oc2ccc([N+](=O)[O-])cc2)cc1)C(C)C. The van der Waals surface area contributed by atoms with Crippen LogP contribution < -0.4 is 26.4 Å². The third-order valence-electron chi connectivity index (χ3n) is 6.11. The number of anilines is 1. The van der Waals surface area contributed by atoms with Gasteiger partial charge >= 0.3 is 12.2 Å². The first-order valence-corrected chi connectivity index (χ1v) is 13.3. The first kappa shape index (κ1) is 32.7. The van der Waals surface area contributed by atoms with Gasteiger partial charge in [0.2, 0.25) is 5.91 Å². The Morgan fingerprint density at radius 2 is 1.68 bits per heavy atom. The molecule has 13 nitrogen and oxygen atoms in total. The van der Waals surface area contributed by atoms with Gasteiger partial charge in [-0.25, -0.2) is 9.59 Å². The van der Waals surface area contributed by atoms with E-state index in [1.54, 1.807) is 24.3 Å². The van der Waals surface area contributed by atoms with E-state index in [-0.39, 0.29) is 54.7 Å². The molecule has 0 spiro atoms. The van der Waals surface area contributed by atoms with Crippen LogP contribution in [0, 0.1) is 22.0 Å². The van der Waals surface area contributed by atoms with Crippen LogP contribution in [0.3, 0.4) is 0 Å². The predicted molar refractivity (Wildman–Crippen MR) is 151 cm³/mol. The third-order valence-corrected chi connectivity index (χ3v) is 6.11. The van der Waals surface area contributed by atoms with Gasteiger partial charge in [0.25, 0.3) is 5.69 Å². The molecule has 3 amide bonds. The highest BCUT2D eigenvalue weighted by molar-refractivity contribution is 5.96. The van der Waals surface area contributed by atoms with Crippen LogP contribution in [-0.2, 0) is 20.9 Å². The van der Waals surface area contributed by atoms with Gasteiger partial charge in [-0.2, -0.15) is 0 Å². The molecule has 2 aromatic carbocycles. The van der Waals surface area contributed by atoms with Crippen LogP contribution in [0.2, 0.25) is 0 Å². The van der Waals surface area contributed by atoms with Crippen LogP contribution in [0.5, 0.6) is 5.75 Å². The summed E-state index contributed by atoms with van der Waals surface area (Å²) in [6, 6.07) is 10.6. The number of benzene rings is 2. The second-order valence-electron chi connectivity index (χ2n) is 9.66. The number of ether oxygens (including phenoxy) is 2. The van der Waals surface area contributed by atoms with Gasteiger partial charge in [-0.3, -0.25) is 19.7 Å². The zero-order chi connectivity index (χ0) is 30.4. The highest BCUT2D eigenvalue weighted by Crippen LogP contribution is 2.20. The molecule has 0 saturated carbocycles. The number of hydrogen-bond donors (Lipinski definition) is 4. The molecule has 2 rings (SSSR count). The lowest BCUT2D eigenvalue weighted by Crippen LogP contribution is -2.42. The number of nitrogens with one attached hydrogen (secondary N) is 3. The zero-order valence-electron chi connectivity index (χ0n) is 23.4. The summed E-state index contributed by atoms with van der Waals surface area (Å²) >= 11 is 0. The Morgan fingerprint density at radius 1 is 1.02 bits per heavy atom. The van der Waals surface area contributed by atoms with Crippen molar-refractivity contribution < 1.29 is 33.6 Å². The van der Waals surface area contributed by atoms with Crippen molar-refractivity contribution in [1.29, 1.82) is 0 Å². The number of ketones is 1. The minimum absolute atomic E-state index is 0.0427. The molecule has 2 aromatic rings. The number of Topliss-reactive ketones (excluding diaryl/α,β-unsaturated/α-hetero) is 1. The number of rotatable bonds is 16. The van der Waals surface area contributed by atoms with Gasteiger partial charge in [0.05, 0.1) is 11.0 Å². The number of primary amides is 1. The molecule has 0 bridgehead atoms. The van der Waals surface area contributed by atoms with E-state index in [2.05, 4.69) is 16.0 Å². The highest BCUT2D eigenvalue weighted by Gasteiger charge is 2.28. The molecule has 222 valence electrons. The fraction of sp³-hybridized carbons (Fsp3) is 0.429. The summed E-state index contributed by atoms with van der Waals surface area (Å²) in [7, 11) is 0. The Kier molecular flexibility index (Phi) is 13.2. The van der Waals surface area contributed by atoms with E-state index in [1.165, 1.54) is 24.3 Å². The number of nitrogens with zero attached hydrogens (tertiary/aromatic N) is 1. The lowest BCUT2D eigenvalue weighted by molar-refractivity contribution is -0.384. The molecule has 0 aromatic heterocycles. The number of hydrogen-bond acceptors (Lipinski definition) is 9. The van der Waals surface area contributed by atoms with Gasteiger partial charge in [-0.1, -0.05) is 32.9 Å².